The number of carbonyl (C=O) groups excluding carboxylic acids is 1. The van der Waals surface area contributed by atoms with Crippen molar-refractivity contribution in [1.29, 1.82) is 0 Å². The minimum Gasteiger partial charge on any atom is -0.338 e. The Kier molecular flexibility index (Phi) is 5.10. The summed E-state index contributed by atoms with van der Waals surface area (Å²) in [6.45, 7) is 5.78. The molecule has 1 amide bonds. The van der Waals surface area contributed by atoms with Crippen molar-refractivity contribution < 1.29 is 4.79 Å². The van der Waals surface area contributed by atoms with Gasteiger partial charge >= 0.3 is 0 Å². The van der Waals surface area contributed by atoms with Crippen molar-refractivity contribution >= 4 is 17.2 Å². The summed E-state index contributed by atoms with van der Waals surface area (Å²) in [5.74, 6) is 0.200. The molecule has 1 saturated heterocycles. The van der Waals surface area contributed by atoms with Crippen LogP contribution in [0.25, 0.3) is 0 Å². The quantitative estimate of drug-likeness (QED) is 0.846. The van der Waals surface area contributed by atoms with Gasteiger partial charge in [-0.15, -0.1) is 11.3 Å². The SMILES string of the molecule is CCc1nc(CC(=O)N2CCCC[C@@H]2Cn2cc(C)cn2)cs1. The molecule has 3 rings (SSSR count). The summed E-state index contributed by atoms with van der Waals surface area (Å²) in [5, 5.41) is 7.50. The Balaban J connectivity index is 1.66. The number of hydrogen-bond acceptors (Lipinski definition) is 4. The number of aryl methyl sites for hydroxylation is 2. The summed E-state index contributed by atoms with van der Waals surface area (Å²) in [4.78, 5) is 19.3. The molecule has 3 heterocycles. The highest BCUT2D eigenvalue weighted by atomic mass is 32.1. The number of rotatable bonds is 5. The van der Waals surface area contributed by atoms with Gasteiger partial charge in [-0.1, -0.05) is 6.92 Å². The van der Waals surface area contributed by atoms with Gasteiger partial charge in [0.2, 0.25) is 5.91 Å². The fourth-order valence-corrected chi connectivity index (χ4v) is 3.90. The number of aromatic nitrogens is 3. The topological polar surface area (TPSA) is 51.0 Å². The van der Waals surface area contributed by atoms with E-state index < -0.39 is 0 Å². The van der Waals surface area contributed by atoms with Gasteiger partial charge in [0.25, 0.3) is 0 Å². The Morgan fingerprint density at radius 2 is 2.30 bits per heavy atom. The molecule has 1 aliphatic rings. The lowest BCUT2D eigenvalue weighted by molar-refractivity contribution is -0.134. The van der Waals surface area contributed by atoms with E-state index in [9.17, 15) is 4.79 Å². The molecule has 0 aromatic carbocycles. The van der Waals surface area contributed by atoms with Crippen molar-refractivity contribution in [2.45, 2.75) is 58.5 Å². The first-order valence-corrected chi connectivity index (χ1v) is 9.25. The summed E-state index contributed by atoms with van der Waals surface area (Å²) in [6.07, 6.45) is 8.61. The van der Waals surface area contributed by atoms with E-state index >= 15 is 0 Å². The van der Waals surface area contributed by atoms with Gasteiger partial charge in [-0.05, 0) is 38.2 Å². The third-order valence-corrected chi connectivity index (χ3v) is 5.38. The number of hydrogen-bond donors (Lipinski definition) is 0. The predicted molar refractivity (Wildman–Crippen MR) is 91.5 cm³/mol. The average Bonchev–Trinajstić information content (AvgIpc) is 3.16. The molecule has 0 aliphatic carbocycles. The summed E-state index contributed by atoms with van der Waals surface area (Å²) in [6, 6.07) is 0.250. The van der Waals surface area contributed by atoms with E-state index in [0.717, 1.165) is 48.6 Å². The van der Waals surface area contributed by atoms with Crippen LogP contribution >= 0.6 is 11.3 Å². The molecule has 0 radical (unpaired) electrons. The molecule has 0 saturated carbocycles. The lowest BCUT2D eigenvalue weighted by Crippen LogP contribution is -2.46. The van der Waals surface area contributed by atoms with Crippen molar-refractivity contribution in [1.82, 2.24) is 19.7 Å². The number of likely N-dealkylation sites (tertiary alicyclic amines) is 1. The predicted octanol–water partition coefficient (Wildman–Crippen LogP) is 2.83. The summed E-state index contributed by atoms with van der Waals surface area (Å²) >= 11 is 1.65. The van der Waals surface area contributed by atoms with Gasteiger partial charge in [0.1, 0.15) is 0 Å². The van der Waals surface area contributed by atoms with Crippen molar-refractivity contribution in [3.63, 3.8) is 0 Å². The second-order valence-electron chi connectivity index (χ2n) is 6.24. The lowest BCUT2D eigenvalue weighted by Gasteiger charge is -2.35. The highest BCUT2D eigenvalue weighted by Crippen LogP contribution is 2.20. The summed E-state index contributed by atoms with van der Waals surface area (Å²) in [5.41, 5.74) is 2.07. The van der Waals surface area contributed by atoms with Gasteiger partial charge in [0, 0.05) is 18.1 Å². The van der Waals surface area contributed by atoms with E-state index in [1.165, 1.54) is 6.42 Å². The molecule has 0 spiro atoms. The van der Waals surface area contributed by atoms with E-state index in [1.54, 1.807) is 11.3 Å². The Morgan fingerprint density at radius 1 is 1.43 bits per heavy atom. The van der Waals surface area contributed by atoms with Crippen LogP contribution in [0.1, 0.15) is 42.5 Å². The smallest absolute Gasteiger partial charge is 0.228 e. The molecule has 6 heteroatoms. The largest absolute Gasteiger partial charge is 0.338 e. The zero-order valence-electron chi connectivity index (χ0n) is 13.9. The standard InChI is InChI=1S/C17H24N4OS/c1-3-16-19-14(12-23-16)8-17(22)21-7-5-4-6-15(21)11-20-10-13(2)9-18-20/h9-10,12,15H,3-8,11H2,1-2H3/t15-/m1/s1. The van der Waals surface area contributed by atoms with Gasteiger partial charge in [-0.25, -0.2) is 4.98 Å². The van der Waals surface area contributed by atoms with Crippen LogP contribution in [0.4, 0.5) is 0 Å². The molecule has 1 atom stereocenters. The van der Waals surface area contributed by atoms with Crippen molar-refractivity contribution in [3.8, 4) is 0 Å². The zero-order chi connectivity index (χ0) is 16.2. The Labute approximate surface area is 141 Å². The van der Waals surface area contributed by atoms with Crippen molar-refractivity contribution in [2.24, 2.45) is 0 Å². The lowest BCUT2D eigenvalue weighted by atomic mass is 10.0. The second kappa shape index (κ2) is 7.25. The fourth-order valence-electron chi connectivity index (χ4n) is 3.15. The highest BCUT2D eigenvalue weighted by Gasteiger charge is 2.27. The number of nitrogens with zero attached hydrogens (tertiary/aromatic N) is 4. The average molecular weight is 332 g/mol. The van der Waals surface area contributed by atoms with Crippen LogP contribution in [0.2, 0.25) is 0 Å². The van der Waals surface area contributed by atoms with E-state index in [1.807, 2.05) is 34.3 Å². The molecule has 23 heavy (non-hydrogen) atoms. The molecule has 2 aromatic rings. The maximum absolute atomic E-state index is 12.7. The zero-order valence-corrected chi connectivity index (χ0v) is 14.7. The first-order chi connectivity index (χ1) is 11.2. The molecular formula is C17H24N4OS. The maximum Gasteiger partial charge on any atom is 0.228 e. The Morgan fingerprint density at radius 3 is 3.00 bits per heavy atom. The molecule has 0 unspecified atom stereocenters. The van der Waals surface area contributed by atoms with Crippen molar-refractivity contribution in [3.05, 3.63) is 34.0 Å². The van der Waals surface area contributed by atoms with Crippen LogP contribution in [0.15, 0.2) is 17.8 Å². The van der Waals surface area contributed by atoms with Crippen LogP contribution in [0, 0.1) is 6.92 Å². The number of thiazole rings is 1. The van der Waals surface area contributed by atoms with Gasteiger partial charge in [-0.3, -0.25) is 9.48 Å². The van der Waals surface area contributed by atoms with E-state index in [-0.39, 0.29) is 11.9 Å². The third kappa shape index (κ3) is 3.99. The van der Waals surface area contributed by atoms with E-state index in [4.69, 9.17) is 0 Å². The first-order valence-electron chi connectivity index (χ1n) is 8.37. The minimum absolute atomic E-state index is 0.200. The van der Waals surface area contributed by atoms with E-state index in [2.05, 4.69) is 17.0 Å². The monoisotopic (exact) mass is 332 g/mol. The van der Waals surface area contributed by atoms with Crippen LogP contribution in [0.5, 0.6) is 0 Å². The number of carbonyl (C=O) groups is 1. The number of amides is 1. The van der Waals surface area contributed by atoms with Crippen LogP contribution in [-0.2, 0) is 24.2 Å². The van der Waals surface area contributed by atoms with Crippen LogP contribution in [-0.4, -0.2) is 38.2 Å². The van der Waals surface area contributed by atoms with Crippen LogP contribution in [0.3, 0.4) is 0 Å². The third-order valence-electron chi connectivity index (χ3n) is 4.34. The maximum atomic E-state index is 12.7. The van der Waals surface area contributed by atoms with Crippen LogP contribution < -0.4 is 0 Å². The van der Waals surface area contributed by atoms with Gasteiger partial charge in [0.05, 0.1) is 35.9 Å². The molecular weight excluding hydrogens is 308 g/mol. The minimum atomic E-state index is 0.200. The van der Waals surface area contributed by atoms with Gasteiger partial charge in [-0.2, -0.15) is 5.10 Å². The number of piperidine rings is 1. The Bertz CT molecular complexity index is 663. The highest BCUT2D eigenvalue weighted by molar-refractivity contribution is 7.09. The second-order valence-corrected chi connectivity index (χ2v) is 7.18. The molecule has 2 aromatic heterocycles. The molecule has 5 nitrogen and oxygen atoms in total. The normalized spacial score (nSPS) is 18.3. The van der Waals surface area contributed by atoms with E-state index in [0.29, 0.717) is 6.42 Å². The first kappa shape index (κ1) is 16.2. The van der Waals surface area contributed by atoms with Gasteiger partial charge in [0.15, 0.2) is 0 Å². The van der Waals surface area contributed by atoms with Gasteiger partial charge < -0.3 is 4.90 Å². The molecule has 124 valence electrons. The fraction of sp³-hybridized carbons (Fsp3) is 0.588. The van der Waals surface area contributed by atoms with Crippen molar-refractivity contribution in [2.75, 3.05) is 6.54 Å². The molecule has 0 N–H and O–H groups in total. The Hall–Kier alpha value is -1.69. The molecule has 1 fully saturated rings. The molecule has 0 bridgehead atoms. The summed E-state index contributed by atoms with van der Waals surface area (Å²) < 4.78 is 1.96. The summed E-state index contributed by atoms with van der Waals surface area (Å²) in [7, 11) is 0. The molecule has 1 aliphatic heterocycles.